The summed E-state index contributed by atoms with van der Waals surface area (Å²) in [5.74, 6) is 0.426. The van der Waals surface area contributed by atoms with E-state index in [4.69, 9.17) is 24.3 Å². The van der Waals surface area contributed by atoms with Crippen LogP contribution in [0.25, 0.3) is 11.3 Å². The quantitative estimate of drug-likeness (QED) is 0.665. The molecule has 0 amide bonds. The van der Waals surface area contributed by atoms with Crippen LogP contribution in [-0.2, 0) is 19.5 Å². The molecule has 7 heteroatoms. The summed E-state index contributed by atoms with van der Waals surface area (Å²) in [4.78, 5) is 18.5. The second-order valence-electron chi connectivity index (χ2n) is 8.13. The second-order valence-corrected chi connectivity index (χ2v) is 8.13. The Kier molecular flexibility index (Phi) is 4.95. The van der Waals surface area contributed by atoms with Gasteiger partial charge in [-0.1, -0.05) is 17.7 Å². The van der Waals surface area contributed by atoms with Crippen LogP contribution in [0, 0.1) is 20.8 Å². The first kappa shape index (κ1) is 18.3. The molecule has 32 heavy (non-hydrogen) atoms. The Morgan fingerprint density at radius 1 is 1.09 bits per heavy atom. The molecule has 0 saturated carbocycles. The summed E-state index contributed by atoms with van der Waals surface area (Å²) in [5, 5.41) is 0. The van der Waals surface area contributed by atoms with E-state index in [2.05, 4.69) is 12.1 Å². The molecular weight excluding hydrogens is 404 g/mol. The van der Waals surface area contributed by atoms with E-state index in [1.54, 1.807) is 21.3 Å². The fourth-order valence-electron chi connectivity index (χ4n) is 4.48. The Balaban J connectivity index is 2.00. The van der Waals surface area contributed by atoms with E-state index in [9.17, 15) is 4.79 Å². The van der Waals surface area contributed by atoms with Gasteiger partial charge in [0, 0.05) is 31.3 Å². The van der Waals surface area contributed by atoms with Crippen LogP contribution in [0.4, 0.5) is 5.69 Å². The molecule has 1 aliphatic heterocycles. The SMILES string of the molecule is [2H]C([2H])([2H])Oc1cc2c(cc1OC)CCn1c-2cc(=Nc2c(C)cc(C)cc2C)n(CCN)c1=O. The highest BCUT2D eigenvalue weighted by atomic mass is 16.5. The van der Waals surface area contributed by atoms with Crippen LogP contribution in [0.3, 0.4) is 0 Å². The number of aryl methyl sites for hydroxylation is 4. The molecule has 0 atom stereocenters. The zero-order valence-corrected chi connectivity index (χ0v) is 18.9. The fourth-order valence-corrected chi connectivity index (χ4v) is 4.48. The predicted molar refractivity (Wildman–Crippen MR) is 126 cm³/mol. The van der Waals surface area contributed by atoms with Gasteiger partial charge in [-0.05, 0) is 56.0 Å². The first-order valence-corrected chi connectivity index (χ1v) is 10.6. The summed E-state index contributed by atoms with van der Waals surface area (Å²) < 4.78 is 36.4. The highest BCUT2D eigenvalue weighted by Gasteiger charge is 2.22. The minimum absolute atomic E-state index is 0.0922. The van der Waals surface area contributed by atoms with Crippen molar-refractivity contribution in [2.24, 2.45) is 10.7 Å². The third-order valence-electron chi connectivity index (χ3n) is 5.89. The number of hydrogen-bond donors (Lipinski definition) is 1. The Labute approximate surface area is 192 Å². The molecule has 0 spiro atoms. The summed E-state index contributed by atoms with van der Waals surface area (Å²) in [6, 6.07) is 9.38. The van der Waals surface area contributed by atoms with Crippen molar-refractivity contribution in [3.05, 3.63) is 68.6 Å². The molecule has 0 aliphatic carbocycles. The fraction of sp³-hybridized carbons (Fsp3) is 0.360. The lowest BCUT2D eigenvalue weighted by atomic mass is 9.97. The molecule has 0 unspecified atom stereocenters. The molecule has 168 valence electrons. The molecule has 0 saturated heterocycles. The van der Waals surface area contributed by atoms with Crippen molar-refractivity contribution >= 4 is 5.69 Å². The average Bonchev–Trinajstić information content (AvgIpc) is 2.77. The first-order chi connectivity index (χ1) is 16.5. The van der Waals surface area contributed by atoms with Crippen molar-refractivity contribution in [1.29, 1.82) is 0 Å². The van der Waals surface area contributed by atoms with Gasteiger partial charge in [-0.15, -0.1) is 0 Å². The van der Waals surface area contributed by atoms with Crippen LogP contribution in [0.1, 0.15) is 26.4 Å². The number of benzene rings is 2. The number of nitrogens with zero attached hydrogens (tertiary/aromatic N) is 3. The van der Waals surface area contributed by atoms with Crippen molar-refractivity contribution < 1.29 is 13.6 Å². The number of rotatable bonds is 5. The molecule has 0 fully saturated rings. The smallest absolute Gasteiger partial charge is 0.330 e. The average molecular weight is 438 g/mol. The number of ether oxygens (including phenoxy) is 2. The highest BCUT2D eigenvalue weighted by Crippen LogP contribution is 2.37. The van der Waals surface area contributed by atoms with Crippen LogP contribution < -0.4 is 26.4 Å². The van der Waals surface area contributed by atoms with Gasteiger partial charge < -0.3 is 15.2 Å². The minimum atomic E-state index is -2.64. The summed E-state index contributed by atoms with van der Waals surface area (Å²) in [5.41, 5.74) is 12.4. The zero-order valence-electron chi connectivity index (χ0n) is 21.9. The zero-order chi connectivity index (χ0) is 25.5. The van der Waals surface area contributed by atoms with E-state index < -0.39 is 7.04 Å². The molecular formula is C25H30N4O3. The molecule has 2 aromatic carbocycles. The number of nitrogens with two attached hydrogens (primary N) is 1. The molecule has 3 aromatic rings. The van der Waals surface area contributed by atoms with Gasteiger partial charge in [0.1, 0.15) is 5.49 Å². The third-order valence-corrected chi connectivity index (χ3v) is 5.89. The van der Waals surface area contributed by atoms with E-state index in [-0.39, 0.29) is 18.0 Å². The summed E-state index contributed by atoms with van der Waals surface area (Å²) in [6.45, 7) is 7.11. The van der Waals surface area contributed by atoms with Crippen LogP contribution in [0.2, 0.25) is 0 Å². The van der Waals surface area contributed by atoms with Crippen LogP contribution in [0.15, 0.2) is 40.1 Å². The molecule has 4 rings (SSSR count). The van der Waals surface area contributed by atoms with E-state index in [0.717, 1.165) is 27.9 Å². The standard InChI is InChI=1S/C25H30N4O3/c1-15-10-16(2)24(17(3)11-15)27-23-14-20-19-13-22(32-5)21(31-4)12-18(19)6-8-28(20)25(30)29(23)9-7-26/h10-14H,6-9,26H2,1-5H3/i5D3. The Morgan fingerprint density at radius 3 is 2.47 bits per heavy atom. The number of hydrogen-bond acceptors (Lipinski definition) is 5. The van der Waals surface area contributed by atoms with Crippen molar-refractivity contribution in [3.63, 3.8) is 0 Å². The largest absolute Gasteiger partial charge is 0.493 e. The molecule has 1 aromatic heterocycles. The van der Waals surface area contributed by atoms with Gasteiger partial charge in [0.25, 0.3) is 0 Å². The van der Waals surface area contributed by atoms with Crippen molar-refractivity contribution in [2.45, 2.75) is 40.3 Å². The number of aromatic nitrogens is 2. The lowest BCUT2D eigenvalue weighted by Crippen LogP contribution is -2.43. The maximum absolute atomic E-state index is 13.5. The summed E-state index contributed by atoms with van der Waals surface area (Å²) in [6.07, 6.45) is 0.585. The Hall–Kier alpha value is -3.32. The maximum atomic E-state index is 13.5. The van der Waals surface area contributed by atoms with Gasteiger partial charge in [0.15, 0.2) is 11.5 Å². The minimum Gasteiger partial charge on any atom is -0.493 e. The normalized spacial score (nSPS) is 14.8. The van der Waals surface area contributed by atoms with Gasteiger partial charge >= 0.3 is 5.69 Å². The molecule has 0 bridgehead atoms. The van der Waals surface area contributed by atoms with E-state index in [1.807, 2.05) is 26.8 Å². The predicted octanol–water partition coefficient (Wildman–Crippen LogP) is 3.01. The number of methoxy groups -OCH3 is 2. The van der Waals surface area contributed by atoms with Crippen molar-refractivity contribution in [2.75, 3.05) is 20.7 Å². The number of fused-ring (bicyclic) bond motifs is 3. The molecule has 2 N–H and O–H groups in total. The lowest BCUT2D eigenvalue weighted by Gasteiger charge is -2.24. The monoisotopic (exact) mass is 437 g/mol. The van der Waals surface area contributed by atoms with Crippen LogP contribution >= 0.6 is 0 Å². The third kappa shape index (κ3) is 3.73. The summed E-state index contributed by atoms with van der Waals surface area (Å²) >= 11 is 0. The molecule has 1 aliphatic rings. The van der Waals surface area contributed by atoms with Crippen molar-refractivity contribution in [3.8, 4) is 22.8 Å². The molecule has 0 radical (unpaired) electrons. The Bertz CT molecular complexity index is 1400. The first-order valence-electron chi connectivity index (χ1n) is 12.1. The van der Waals surface area contributed by atoms with Gasteiger partial charge in [0.05, 0.1) is 29.6 Å². The molecule has 7 nitrogen and oxygen atoms in total. The van der Waals surface area contributed by atoms with Gasteiger partial charge in [-0.2, -0.15) is 0 Å². The van der Waals surface area contributed by atoms with Gasteiger partial charge in [-0.25, -0.2) is 9.79 Å². The van der Waals surface area contributed by atoms with E-state index >= 15 is 0 Å². The maximum Gasteiger partial charge on any atom is 0.330 e. The van der Waals surface area contributed by atoms with Gasteiger partial charge in [-0.3, -0.25) is 9.13 Å². The van der Waals surface area contributed by atoms with Gasteiger partial charge in [0.2, 0.25) is 0 Å². The highest BCUT2D eigenvalue weighted by molar-refractivity contribution is 5.70. The topological polar surface area (TPSA) is 83.8 Å². The summed E-state index contributed by atoms with van der Waals surface area (Å²) in [7, 11) is -1.17. The lowest BCUT2D eigenvalue weighted by molar-refractivity contribution is 0.354. The molecule has 2 heterocycles. The Morgan fingerprint density at radius 2 is 1.81 bits per heavy atom. The van der Waals surface area contributed by atoms with E-state index in [0.29, 0.717) is 42.0 Å². The van der Waals surface area contributed by atoms with Crippen LogP contribution in [-0.4, -0.2) is 29.8 Å². The van der Waals surface area contributed by atoms with Crippen molar-refractivity contribution in [1.82, 2.24) is 9.13 Å². The van der Waals surface area contributed by atoms with Crippen LogP contribution in [0.5, 0.6) is 11.5 Å². The second kappa shape index (κ2) is 8.67. The van der Waals surface area contributed by atoms with E-state index in [1.165, 1.54) is 7.11 Å².